The molecule has 0 aromatic heterocycles. The molecule has 118 valence electrons. The van der Waals surface area contributed by atoms with Crippen molar-refractivity contribution < 1.29 is 14.3 Å². The molecular formula is C19H24O3. The summed E-state index contributed by atoms with van der Waals surface area (Å²) >= 11 is 0. The molecule has 0 radical (unpaired) electrons. The molecule has 3 rings (SSSR count). The number of ether oxygens (including phenoxy) is 2. The quantitative estimate of drug-likeness (QED) is 0.711. The highest BCUT2D eigenvalue weighted by Crippen LogP contribution is 2.35. The van der Waals surface area contributed by atoms with Crippen molar-refractivity contribution in [2.45, 2.75) is 57.8 Å². The van der Waals surface area contributed by atoms with Crippen molar-refractivity contribution in [2.75, 3.05) is 6.79 Å². The summed E-state index contributed by atoms with van der Waals surface area (Å²) in [4.78, 5) is 11.8. The standard InChI is InChI=1S/C19H24O3/c1-14(16-10-11-18-19(12-16)22-13-21-18)6-2-3-7-15-8-4-5-9-17(15)20/h8,10-12,14H,2-7,9,13H2,1H3. The number of hydrogen-bond donors (Lipinski definition) is 0. The second-order valence-electron chi connectivity index (χ2n) is 6.30. The van der Waals surface area contributed by atoms with E-state index in [1.54, 1.807) is 0 Å². The number of rotatable bonds is 6. The summed E-state index contributed by atoms with van der Waals surface area (Å²) in [5.41, 5.74) is 2.37. The summed E-state index contributed by atoms with van der Waals surface area (Å²) in [5.74, 6) is 2.58. The number of carbonyl (C=O) groups is 1. The zero-order valence-electron chi connectivity index (χ0n) is 13.3. The van der Waals surface area contributed by atoms with Crippen LogP contribution in [0.25, 0.3) is 0 Å². The average Bonchev–Trinajstić information content (AvgIpc) is 3.00. The minimum absolute atomic E-state index is 0.330. The lowest BCUT2D eigenvalue weighted by Crippen LogP contribution is -2.07. The molecule has 1 heterocycles. The summed E-state index contributed by atoms with van der Waals surface area (Å²) in [6.45, 7) is 2.58. The van der Waals surface area contributed by atoms with E-state index < -0.39 is 0 Å². The lowest BCUT2D eigenvalue weighted by molar-refractivity contribution is -0.116. The first-order valence-electron chi connectivity index (χ1n) is 8.36. The summed E-state index contributed by atoms with van der Waals surface area (Å²) in [7, 11) is 0. The molecule has 1 unspecified atom stereocenters. The fraction of sp³-hybridized carbons (Fsp3) is 0.526. The molecule has 0 fully saturated rings. The molecule has 1 aliphatic heterocycles. The zero-order chi connectivity index (χ0) is 15.4. The number of ketones is 1. The maximum atomic E-state index is 11.8. The second-order valence-corrected chi connectivity index (χ2v) is 6.30. The van der Waals surface area contributed by atoms with Gasteiger partial charge in [-0.05, 0) is 61.3 Å². The molecule has 0 N–H and O–H groups in total. The van der Waals surface area contributed by atoms with Gasteiger partial charge in [0, 0.05) is 6.42 Å². The molecule has 3 nitrogen and oxygen atoms in total. The van der Waals surface area contributed by atoms with Crippen molar-refractivity contribution in [3.8, 4) is 11.5 Å². The van der Waals surface area contributed by atoms with Gasteiger partial charge in [0.1, 0.15) is 0 Å². The summed E-state index contributed by atoms with van der Waals surface area (Å²) < 4.78 is 10.8. The second kappa shape index (κ2) is 6.99. The van der Waals surface area contributed by atoms with Crippen LogP contribution in [0, 0.1) is 0 Å². The van der Waals surface area contributed by atoms with E-state index in [0.29, 0.717) is 18.5 Å². The molecule has 0 saturated carbocycles. The molecule has 1 aromatic carbocycles. The van der Waals surface area contributed by atoms with Crippen LogP contribution in [0.1, 0.15) is 63.4 Å². The minimum Gasteiger partial charge on any atom is -0.454 e. The number of fused-ring (bicyclic) bond motifs is 1. The van der Waals surface area contributed by atoms with Gasteiger partial charge in [-0.2, -0.15) is 0 Å². The van der Waals surface area contributed by atoms with Crippen molar-refractivity contribution >= 4 is 5.78 Å². The van der Waals surface area contributed by atoms with Crippen molar-refractivity contribution in [1.29, 1.82) is 0 Å². The van der Waals surface area contributed by atoms with Gasteiger partial charge in [-0.15, -0.1) is 0 Å². The first-order valence-corrected chi connectivity index (χ1v) is 8.36. The van der Waals surface area contributed by atoms with Gasteiger partial charge in [0.25, 0.3) is 0 Å². The Morgan fingerprint density at radius 3 is 2.91 bits per heavy atom. The number of hydrogen-bond acceptors (Lipinski definition) is 3. The van der Waals surface area contributed by atoms with Crippen LogP contribution in [0.4, 0.5) is 0 Å². The van der Waals surface area contributed by atoms with Crippen LogP contribution in [-0.2, 0) is 4.79 Å². The first kappa shape index (κ1) is 15.1. The lowest BCUT2D eigenvalue weighted by Gasteiger charge is -2.14. The molecule has 1 aliphatic carbocycles. The van der Waals surface area contributed by atoms with E-state index >= 15 is 0 Å². The van der Waals surface area contributed by atoms with E-state index in [1.165, 1.54) is 5.56 Å². The Bertz CT molecular complexity index is 574. The summed E-state index contributed by atoms with van der Waals surface area (Å²) in [6, 6.07) is 6.23. The average molecular weight is 300 g/mol. The SMILES string of the molecule is CC(CCCCC1=CCCCC1=O)c1ccc2c(c1)OCO2. The fourth-order valence-electron chi connectivity index (χ4n) is 3.21. The zero-order valence-corrected chi connectivity index (χ0v) is 13.3. The molecule has 1 atom stereocenters. The normalized spacial score (nSPS) is 18.2. The number of carbonyl (C=O) groups excluding carboxylic acids is 1. The number of unbranched alkanes of at least 4 members (excludes halogenated alkanes) is 1. The van der Waals surface area contributed by atoms with E-state index in [4.69, 9.17) is 9.47 Å². The van der Waals surface area contributed by atoms with Gasteiger partial charge >= 0.3 is 0 Å². The first-order chi connectivity index (χ1) is 10.7. The monoisotopic (exact) mass is 300 g/mol. The highest BCUT2D eigenvalue weighted by molar-refractivity contribution is 5.95. The van der Waals surface area contributed by atoms with Crippen LogP contribution in [0.2, 0.25) is 0 Å². The molecule has 1 aromatic rings. The smallest absolute Gasteiger partial charge is 0.231 e. The van der Waals surface area contributed by atoms with E-state index in [-0.39, 0.29) is 0 Å². The van der Waals surface area contributed by atoms with E-state index in [1.807, 2.05) is 6.07 Å². The molecule has 3 heteroatoms. The summed E-state index contributed by atoms with van der Waals surface area (Å²) in [5, 5.41) is 0. The Labute approximate surface area is 132 Å². The van der Waals surface area contributed by atoms with E-state index in [0.717, 1.165) is 62.0 Å². The molecule has 0 bridgehead atoms. The molecular weight excluding hydrogens is 276 g/mol. The van der Waals surface area contributed by atoms with Crippen LogP contribution < -0.4 is 9.47 Å². The van der Waals surface area contributed by atoms with E-state index in [2.05, 4.69) is 25.1 Å². The van der Waals surface area contributed by atoms with Crippen LogP contribution >= 0.6 is 0 Å². The molecule has 22 heavy (non-hydrogen) atoms. The van der Waals surface area contributed by atoms with Crippen LogP contribution in [0.15, 0.2) is 29.8 Å². The Balaban J connectivity index is 1.45. The van der Waals surface area contributed by atoms with Crippen molar-refractivity contribution in [1.82, 2.24) is 0 Å². The third kappa shape index (κ3) is 3.52. The maximum absolute atomic E-state index is 11.8. The predicted molar refractivity (Wildman–Crippen MR) is 86.4 cm³/mol. The van der Waals surface area contributed by atoms with Crippen LogP contribution in [-0.4, -0.2) is 12.6 Å². The van der Waals surface area contributed by atoms with Gasteiger partial charge in [-0.1, -0.05) is 25.5 Å². The topological polar surface area (TPSA) is 35.5 Å². The Morgan fingerprint density at radius 1 is 1.18 bits per heavy atom. The minimum atomic E-state index is 0.330. The molecule has 2 aliphatic rings. The van der Waals surface area contributed by atoms with Crippen LogP contribution in [0.5, 0.6) is 11.5 Å². The highest BCUT2D eigenvalue weighted by atomic mass is 16.7. The van der Waals surface area contributed by atoms with Gasteiger partial charge in [0.2, 0.25) is 6.79 Å². The Hall–Kier alpha value is -1.77. The van der Waals surface area contributed by atoms with Gasteiger partial charge in [-0.3, -0.25) is 4.79 Å². The third-order valence-corrected chi connectivity index (χ3v) is 4.66. The Morgan fingerprint density at radius 2 is 2.05 bits per heavy atom. The fourth-order valence-corrected chi connectivity index (χ4v) is 3.21. The molecule has 0 spiro atoms. The van der Waals surface area contributed by atoms with Gasteiger partial charge < -0.3 is 9.47 Å². The molecule has 0 amide bonds. The lowest BCUT2D eigenvalue weighted by atomic mass is 9.91. The third-order valence-electron chi connectivity index (χ3n) is 4.66. The summed E-state index contributed by atoms with van der Waals surface area (Å²) in [6.07, 6.45) is 9.35. The maximum Gasteiger partial charge on any atom is 0.231 e. The van der Waals surface area contributed by atoms with Crippen molar-refractivity contribution in [2.24, 2.45) is 0 Å². The number of allylic oxidation sites excluding steroid dienone is 2. The van der Waals surface area contributed by atoms with Gasteiger partial charge in [0.05, 0.1) is 0 Å². The van der Waals surface area contributed by atoms with Crippen molar-refractivity contribution in [3.63, 3.8) is 0 Å². The number of benzene rings is 1. The highest BCUT2D eigenvalue weighted by Gasteiger charge is 2.16. The molecule has 0 saturated heterocycles. The predicted octanol–water partition coefficient (Wildman–Crippen LogP) is 4.76. The van der Waals surface area contributed by atoms with Gasteiger partial charge in [-0.25, -0.2) is 0 Å². The van der Waals surface area contributed by atoms with E-state index in [9.17, 15) is 4.79 Å². The van der Waals surface area contributed by atoms with Gasteiger partial charge in [0.15, 0.2) is 17.3 Å². The van der Waals surface area contributed by atoms with Crippen molar-refractivity contribution in [3.05, 3.63) is 35.4 Å². The largest absolute Gasteiger partial charge is 0.454 e. The number of Topliss-reactive ketones (excluding diaryl/α,β-unsaturated/α-hetero) is 1. The Kier molecular flexibility index (Phi) is 4.81. The van der Waals surface area contributed by atoms with Crippen LogP contribution in [0.3, 0.4) is 0 Å².